The van der Waals surface area contributed by atoms with Crippen LogP contribution in [0.3, 0.4) is 0 Å². The fraction of sp³-hybridized carbons (Fsp3) is 0.333. The molecule has 0 radical (unpaired) electrons. The molecule has 1 aliphatic carbocycles. The van der Waals surface area contributed by atoms with Crippen LogP contribution in [0.1, 0.15) is 39.2 Å². The zero-order valence-corrected chi connectivity index (χ0v) is 15.2. The van der Waals surface area contributed by atoms with E-state index in [1.165, 1.54) is 23.5 Å². The van der Waals surface area contributed by atoms with E-state index in [9.17, 15) is 19.7 Å². The molecular formula is C18H18N2O5S. The van der Waals surface area contributed by atoms with Crippen LogP contribution in [0.15, 0.2) is 24.3 Å². The highest BCUT2D eigenvalue weighted by Gasteiger charge is 2.31. The summed E-state index contributed by atoms with van der Waals surface area (Å²) in [6, 6.07) is 5.83. The summed E-state index contributed by atoms with van der Waals surface area (Å²) in [7, 11) is 0. The first kappa shape index (κ1) is 18.1. The fourth-order valence-corrected chi connectivity index (χ4v) is 3.51. The van der Waals surface area contributed by atoms with Crippen LogP contribution in [0.5, 0.6) is 0 Å². The summed E-state index contributed by atoms with van der Waals surface area (Å²) in [5.41, 5.74) is 1.80. The lowest BCUT2D eigenvalue weighted by atomic mass is 10.1. The number of amides is 1. The van der Waals surface area contributed by atoms with E-state index in [-0.39, 0.29) is 24.1 Å². The minimum Gasteiger partial charge on any atom is -0.457 e. The van der Waals surface area contributed by atoms with Crippen LogP contribution in [0.25, 0.3) is 0 Å². The number of nitrogens with zero attached hydrogens (tertiary/aromatic N) is 1. The van der Waals surface area contributed by atoms with Crippen molar-refractivity contribution in [1.29, 1.82) is 0 Å². The molecule has 1 aliphatic rings. The first-order chi connectivity index (χ1) is 12.4. The third-order valence-electron chi connectivity index (χ3n) is 4.29. The number of nitro benzene ring substituents is 1. The predicted molar refractivity (Wildman–Crippen MR) is 97.4 cm³/mol. The quantitative estimate of drug-likeness (QED) is 0.468. The van der Waals surface area contributed by atoms with E-state index < -0.39 is 10.9 Å². The summed E-state index contributed by atoms with van der Waals surface area (Å²) in [5, 5.41) is 14.0. The molecule has 0 spiro atoms. The van der Waals surface area contributed by atoms with Crippen molar-refractivity contribution in [3.05, 3.63) is 55.9 Å². The molecule has 0 bridgehead atoms. The summed E-state index contributed by atoms with van der Waals surface area (Å²) in [5.74, 6) is -0.534. The van der Waals surface area contributed by atoms with Crippen LogP contribution in [-0.4, -0.2) is 16.8 Å². The second-order valence-electron chi connectivity index (χ2n) is 6.25. The molecule has 0 atom stereocenters. The Kier molecular flexibility index (Phi) is 5.03. The van der Waals surface area contributed by atoms with Crippen molar-refractivity contribution in [1.82, 2.24) is 0 Å². The number of ether oxygens (including phenoxy) is 1. The monoisotopic (exact) mass is 374 g/mol. The molecule has 0 saturated heterocycles. The Bertz CT molecular complexity index is 868. The minimum atomic E-state index is -0.517. The first-order valence-electron chi connectivity index (χ1n) is 8.18. The lowest BCUT2D eigenvalue weighted by Gasteiger charge is -2.08. The molecule has 8 heteroatoms. The second kappa shape index (κ2) is 7.25. The smallest absolute Gasteiger partial charge is 0.341 e. The van der Waals surface area contributed by atoms with E-state index in [0.717, 1.165) is 23.3 Å². The molecule has 7 nitrogen and oxygen atoms in total. The Morgan fingerprint density at radius 1 is 1.27 bits per heavy atom. The molecule has 136 valence electrons. The number of esters is 1. The number of non-ortho nitro benzene ring substituents is 1. The number of anilines is 1. The van der Waals surface area contributed by atoms with Crippen LogP contribution >= 0.6 is 11.3 Å². The molecule has 1 N–H and O–H groups in total. The van der Waals surface area contributed by atoms with Crippen LogP contribution in [0, 0.1) is 29.9 Å². The molecular weight excluding hydrogens is 356 g/mol. The number of carbonyl (C=O) groups excluding carboxylic acids is 2. The van der Waals surface area contributed by atoms with Gasteiger partial charge in [0, 0.05) is 22.9 Å². The standard InChI is InChI=1S/C18H18N2O5S/c1-10-11(2)26-17(19-16(21)13-5-6-13)15(10)18(22)25-9-12-3-7-14(8-4-12)20(23)24/h3-4,7-8,13H,5-6,9H2,1-2H3,(H,19,21). The van der Waals surface area contributed by atoms with Gasteiger partial charge in [0.25, 0.3) is 5.69 Å². The zero-order valence-electron chi connectivity index (χ0n) is 14.4. The van der Waals surface area contributed by atoms with E-state index in [4.69, 9.17) is 4.74 Å². The lowest BCUT2D eigenvalue weighted by molar-refractivity contribution is -0.384. The van der Waals surface area contributed by atoms with Crippen LogP contribution < -0.4 is 5.32 Å². The molecule has 1 heterocycles. The van der Waals surface area contributed by atoms with Crippen LogP contribution in [-0.2, 0) is 16.1 Å². The summed E-state index contributed by atoms with van der Waals surface area (Å²) in [4.78, 5) is 35.7. The topological polar surface area (TPSA) is 98.5 Å². The van der Waals surface area contributed by atoms with Gasteiger partial charge in [-0.1, -0.05) is 0 Å². The Morgan fingerprint density at radius 2 is 1.92 bits per heavy atom. The van der Waals surface area contributed by atoms with Gasteiger partial charge in [0.2, 0.25) is 5.91 Å². The van der Waals surface area contributed by atoms with Gasteiger partial charge in [0.15, 0.2) is 0 Å². The molecule has 0 unspecified atom stereocenters. The largest absolute Gasteiger partial charge is 0.457 e. The highest BCUT2D eigenvalue weighted by molar-refractivity contribution is 7.16. The van der Waals surface area contributed by atoms with Crippen LogP contribution in [0.4, 0.5) is 10.7 Å². The molecule has 1 saturated carbocycles. The number of benzene rings is 1. The molecule has 1 aromatic heterocycles. The molecule has 2 aromatic rings. The van der Waals surface area contributed by atoms with E-state index in [0.29, 0.717) is 16.1 Å². The van der Waals surface area contributed by atoms with Crippen molar-refractivity contribution < 1.29 is 19.2 Å². The molecule has 1 amide bonds. The SMILES string of the molecule is Cc1sc(NC(=O)C2CC2)c(C(=O)OCc2ccc([N+](=O)[O-])cc2)c1C. The summed E-state index contributed by atoms with van der Waals surface area (Å²) < 4.78 is 5.35. The normalized spacial score (nSPS) is 13.3. The van der Waals surface area contributed by atoms with Gasteiger partial charge in [-0.2, -0.15) is 0 Å². The third-order valence-corrected chi connectivity index (χ3v) is 5.41. The van der Waals surface area contributed by atoms with E-state index >= 15 is 0 Å². The van der Waals surface area contributed by atoms with Gasteiger partial charge < -0.3 is 10.1 Å². The third kappa shape index (κ3) is 3.91. The number of hydrogen-bond donors (Lipinski definition) is 1. The number of aryl methyl sites for hydroxylation is 1. The van der Waals surface area contributed by atoms with Crippen molar-refractivity contribution in [3.63, 3.8) is 0 Å². The number of nitrogens with one attached hydrogen (secondary N) is 1. The summed E-state index contributed by atoms with van der Waals surface area (Å²) >= 11 is 1.36. The fourth-order valence-electron chi connectivity index (χ4n) is 2.46. The van der Waals surface area contributed by atoms with Gasteiger partial charge in [0.1, 0.15) is 11.6 Å². The summed E-state index contributed by atoms with van der Waals surface area (Å²) in [6.45, 7) is 3.71. The Morgan fingerprint density at radius 3 is 2.50 bits per heavy atom. The molecule has 1 fully saturated rings. The number of hydrogen-bond acceptors (Lipinski definition) is 6. The van der Waals surface area contributed by atoms with E-state index in [1.807, 2.05) is 13.8 Å². The average Bonchev–Trinajstić information content (AvgIpc) is 3.41. The van der Waals surface area contributed by atoms with Gasteiger partial charge in [-0.05, 0) is 49.9 Å². The predicted octanol–water partition coefficient (Wildman–Crippen LogP) is 3.98. The van der Waals surface area contributed by atoms with Crippen molar-refractivity contribution in [2.45, 2.75) is 33.3 Å². The van der Waals surface area contributed by atoms with Crippen molar-refractivity contribution >= 4 is 33.9 Å². The average molecular weight is 374 g/mol. The lowest BCUT2D eigenvalue weighted by Crippen LogP contribution is -2.16. The summed E-state index contributed by atoms with van der Waals surface area (Å²) in [6.07, 6.45) is 1.77. The van der Waals surface area contributed by atoms with Crippen molar-refractivity contribution in [2.24, 2.45) is 5.92 Å². The van der Waals surface area contributed by atoms with Gasteiger partial charge in [0.05, 0.1) is 10.5 Å². The molecule has 0 aliphatic heterocycles. The van der Waals surface area contributed by atoms with Gasteiger partial charge in [-0.15, -0.1) is 11.3 Å². The maximum absolute atomic E-state index is 12.5. The molecule has 3 rings (SSSR count). The van der Waals surface area contributed by atoms with Gasteiger partial charge >= 0.3 is 5.97 Å². The molecule has 1 aromatic carbocycles. The zero-order chi connectivity index (χ0) is 18.8. The number of rotatable bonds is 6. The maximum atomic E-state index is 12.5. The first-order valence-corrected chi connectivity index (χ1v) is 8.99. The Hall–Kier alpha value is -2.74. The van der Waals surface area contributed by atoms with Gasteiger partial charge in [-0.25, -0.2) is 4.79 Å². The maximum Gasteiger partial charge on any atom is 0.341 e. The molecule has 26 heavy (non-hydrogen) atoms. The minimum absolute atomic E-state index is 0.00116. The number of nitro groups is 1. The van der Waals surface area contributed by atoms with Crippen molar-refractivity contribution in [2.75, 3.05) is 5.32 Å². The second-order valence-corrected chi connectivity index (χ2v) is 7.48. The highest BCUT2D eigenvalue weighted by atomic mass is 32.1. The number of carbonyl (C=O) groups is 2. The van der Waals surface area contributed by atoms with Gasteiger partial charge in [-0.3, -0.25) is 14.9 Å². The van der Waals surface area contributed by atoms with Crippen LogP contribution in [0.2, 0.25) is 0 Å². The number of thiophene rings is 1. The van der Waals surface area contributed by atoms with Crippen molar-refractivity contribution in [3.8, 4) is 0 Å². The highest BCUT2D eigenvalue weighted by Crippen LogP contribution is 2.36. The Balaban J connectivity index is 1.70. The van der Waals surface area contributed by atoms with E-state index in [2.05, 4.69) is 5.32 Å². The Labute approximate surface area is 154 Å². The van der Waals surface area contributed by atoms with E-state index in [1.54, 1.807) is 12.1 Å².